The molecular weight excluding hydrogens is 288 g/mol. The Kier molecular flexibility index (Phi) is 5.10. The second-order valence-corrected chi connectivity index (χ2v) is 5.64. The van der Waals surface area contributed by atoms with Gasteiger partial charge in [-0.05, 0) is 31.7 Å². The molecule has 21 heavy (non-hydrogen) atoms. The SMILES string of the molecule is Cc1n[nH]c(C)c1NC(=O)CCCNC(=O)c1cccs1. The van der Waals surface area contributed by atoms with Gasteiger partial charge in [-0.2, -0.15) is 5.10 Å². The van der Waals surface area contributed by atoms with Crippen LogP contribution in [-0.2, 0) is 4.79 Å². The summed E-state index contributed by atoms with van der Waals surface area (Å²) in [5.74, 6) is -0.167. The summed E-state index contributed by atoms with van der Waals surface area (Å²) in [5, 5.41) is 14.3. The second kappa shape index (κ2) is 7.03. The van der Waals surface area contributed by atoms with Crippen molar-refractivity contribution in [2.24, 2.45) is 0 Å². The van der Waals surface area contributed by atoms with Crippen molar-refractivity contribution in [3.63, 3.8) is 0 Å². The van der Waals surface area contributed by atoms with Crippen LogP contribution >= 0.6 is 11.3 Å². The highest BCUT2D eigenvalue weighted by Gasteiger charge is 2.10. The van der Waals surface area contributed by atoms with Gasteiger partial charge in [0.25, 0.3) is 5.91 Å². The van der Waals surface area contributed by atoms with Gasteiger partial charge in [-0.25, -0.2) is 0 Å². The summed E-state index contributed by atoms with van der Waals surface area (Å²) >= 11 is 1.40. The molecule has 0 saturated carbocycles. The molecule has 0 unspecified atom stereocenters. The van der Waals surface area contributed by atoms with Gasteiger partial charge in [0.05, 0.1) is 22.0 Å². The first-order valence-electron chi connectivity index (χ1n) is 6.71. The van der Waals surface area contributed by atoms with E-state index in [2.05, 4.69) is 20.8 Å². The van der Waals surface area contributed by atoms with Crippen LogP contribution in [0.1, 0.15) is 33.9 Å². The van der Waals surface area contributed by atoms with E-state index in [0.29, 0.717) is 24.3 Å². The average Bonchev–Trinajstić information content (AvgIpc) is 3.09. The summed E-state index contributed by atoms with van der Waals surface area (Å²) in [6.45, 7) is 4.17. The van der Waals surface area contributed by atoms with Crippen molar-refractivity contribution in [1.29, 1.82) is 0 Å². The van der Waals surface area contributed by atoms with Gasteiger partial charge in [-0.1, -0.05) is 6.07 Å². The Morgan fingerprint density at radius 2 is 2.19 bits per heavy atom. The van der Waals surface area contributed by atoms with Crippen molar-refractivity contribution in [2.75, 3.05) is 11.9 Å². The summed E-state index contributed by atoms with van der Waals surface area (Å²) in [5.41, 5.74) is 2.35. The van der Waals surface area contributed by atoms with Gasteiger partial charge in [-0.3, -0.25) is 14.7 Å². The molecular formula is C14H18N4O2S. The van der Waals surface area contributed by atoms with Crippen molar-refractivity contribution in [3.05, 3.63) is 33.8 Å². The zero-order chi connectivity index (χ0) is 15.2. The monoisotopic (exact) mass is 306 g/mol. The maximum atomic E-state index is 11.8. The van der Waals surface area contributed by atoms with Gasteiger partial charge in [0.1, 0.15) is 0 Å². The molecule has 6 nitrogen and oxygen atoms in total. The highest BCUT2D eigenvalue weighted by atomic mass is 32.1. The number of hydrogen-bond donors (Lipinski definition) is 3. The third-order valence-corrected chi connectivity index (χ3v) is 3.87. The number of nitrogens with zero attached hydrogens (tertiary/aromatic N) is 1. The zero-order valence-electron chi connectivity index (χ0n) is 12.0. The maximum absolute atomic E-state index is 11.8. The summed E-state index contributed by atoms with van der Waals surface area (Å²) in [4.78, 5) is 24.2. The maximum Gasteiger partial charge on any atom is 0.261 e. The lowest BCUT2D eigenvalue weighted by molar-refractivity contribution is -0.116. The van der Waals surface area contributed by atoms with E-state index in [1.54, 1.807) is 6.07 Å². The normalized spacial score (nSPS) is 10.4. The summed E-state index contributed by atoms with van der Waals surface area (Å²) in [7, 11) is 0. The molecule has 0 atom stereocenters. The lowest BCUT2D eigenvalue weighted by atomic mass is 10.2. The van der Waals surface area contributed by atoms with Gasteiger partial charge < -0.3 is 10.6 Å². The van der Waals surface area contributed by atoms with Gasteiger partial charge in [0, 0.05) is 13.0 Å². The largest absolute Gasteiger partial charge is 0.351 e. The molecule has 0 aliphatic rings. The van der Waals surface area contributed by atoms with E-state index in [1.165, 1.54) is 11.3 Å². The second-order valence-electron chi connectivity index (χ2n) is 4.69. The number of rotatable bonds is 6. The molecule has 112 valence electrons. The molecule has 3 N–H and O–H groups in total. The quantitative estimate of drug-likeness (QED) is 0.715. The van der Waals surface area contributed by atoms with E-state index in [1.807, 2.05) is 25.3 Å². The smallest absolute Gasteiger partial charge is 0.261 e. The van der Waals surface area contributed by atoms with Crippen molar-refractivity contribution >= 4 is 28.8 Å². The Morgan fingerprint density at radius 1 is 1.38 bits per heavy atom. The van der Waals surface area contributed by atoms with Crippen molar-refractivity contribution in [1.82, 2.24) is 15.5 Å². The number of nitrogens with one attached hydrogen (secondary N) is 3. The van der Waals surface area contributed by atoms with Crippen LogP contribution in [0.2, 0.25) is 0 Å². The van der Waals surface area contributed by atoms with Crippen LogP contribution in [0.4, 0.5) is 5.69 Å². The van der Waals surface area contributed by atoms with Crippen LogP contribution in [0.15, 0.2) is 17.5 Å². The lowest BCUT2D eigenvalue weighted by Gasteiger charge is -2.06. The van der Waals surface area contributed by atoms with E-state index >= 15 is 0 Å². The first-order chi connectivity index (χ1) is 10.1. The van der Waals surface area contributed by atoms with Crippen LogP contribution in [0, 0.1) is 13.8 Å². The fraction of sp³-hybridized carbons (Fsp3) is 0.357. The highest BCUT2D eigenvalue weighted by molar-refractivity contribution is 7.12. The fourth-order valence-corrected chi connectivity index (χ4v) is 2.52. The van der Waals surface area contributed by atoms with E-state index in [4.69, 9.17) is 0 Å². The molecule has 0 fully saturated rings. The summed E-state index contributed by atoms with van der Waals surface area (Å²) < 4.78 is 0. The number of hydrogen-bond acceptors (Lipinski definition) is 4. The predicted molar refractivity (Wildman–Crippen MR) is 82.6 cm³/mol. The average molecular weight is 306 g/mol. The molecule has 2 rings (SSSR count). The minimum Gasteiger partial charge on any atom is -0.351 e. The number of thiophene rings is 1. The Balaban J connectivity index is 1.69. The highest BCUT2D eigenvalue weighted by Crippen LogP contribution is 2.16. The van der Waals surface area contributed by atoms with Crippen molar-refractivity contribution < 1.29 is 9.59 Å². The lowest BCUT2D eigenvalue weighted by Crippen LogP contribution is -2.24. The molecule has 2 heterocycles. The molecule has 0 bridgehead atoms. The van der Waals surface area contributed by atoms with Crippen LogP contribution in [0.25, 0.3) is 0 Å². The Bertz CT molecular complexity index is 599. The van der Waals surface area contributed by atoms with Gasteiger partial charge in [-0.15, -0.1) is 11.3 Å². The van der Waals surface area contributed by atoms with Crippen molar-refractivity contribution in [3.8, 4) is 0 Å². The molecule has 0 aromatic carbocycles. The number of carbonyl (C=O) groups is 2. The number of aromatic nitrogens is 2. The van der Waals surface area contributed by atoms with Crippen LogP contribution in [0.3, 0.4) is 0 Å². The number of H-pyrrole nitrogens is 1. The Hall–Kier alpha value is -2.15. The number of aryl methyl sites for hydroxylation is 2. The van der Waals surface area contributed by atoms with Gasteiger partial charge >= 0.3 is 0 Å². The fourth-order valence-electron chi connectivity index (χ4n) is 1.88. The van der Waals surface area contributed by atoms with E-state index in [0.717, 1.165) is 17.1 Å². The molecule has 0 saturated heterocycles. The minimum absolute atomic E-state index is 0.0760. The van der Waals surface area contributed by atoms with E-state index < -0.39 is 0 Å². The van der Waals surface area contributed by atoms with E-state index in [-0.39, 0.29) is 11.8 Å². The predicted octanol–water partition coefficient (Wildman–Crippen LogP) is 2.24. The molecule has 0 spiro atoms. The molecule has 0 aliphatic heterocycles. The number of amides is 2. The van der Waals surface area contributed by atoms with Crippen LogP contribution in [0.5, 0.6) is 0 Å². The standard InChI is InChI=1S/C14H18N4O2S/c1-9-13(10(2)18-17-9)16-12(19)6-3-7-15-14(20)11-5-4-8-21-11/h4-5,8H,3,6-7H2,1-2H3,(H,15,20)(H,16,19)(H,17,18). The van der Waals surface area contributed by atoms with E-state index in [9.17, 15) is 9.59 Å². The number of carbonyl (C=O) groups excluding carboxylic acids is 2. The van der Waals surface area contributed by atoms with Crippen LogP contribution in [-0.4, -0.2) is 28.6 Å². The summed E-state index contributed by atoms with van der Waals surface area (Å²) in [6, 6.07) is 3.61. The molecule has 2 amide bonds. The molecule has 2 aromatic rings. The van der Waals surface area contributed by atoms with Crippen molar-refractivity contribution in [2.45, 2.75) is 26.7 Å². The molecule has 0 radical (unpaired) electrons. The minimum atomic E-state index is -0.0908. The number of anilines is 1. The molecule has 2 aromatic heterocycles. The molecule has 0 aliphatic carbocycles. The summed E-state index contributed by atoms with van der Waals surface area (Å²) in [6.07, 6.45) is 0.952. The molecule has 7 heteroatoms. The van der Waals surface area contributed by atoms with Crippen LogP contribution < -0.4 is 10.6 Å². The topological polar surface area (TPSA) is 86.9 Å². The number of aromatic amines is 1. The Morgan fingerprint density at radius 3 is 2.81 bits per heavy atom. The third-order valence-electron chi connectivity index (χ3n) is 3.00. The zero-order valence-corrected chi connectivity index (χ0v) is 12.8. The van der Waals surface area contributed by atoms with Gasteiger partial charge in [0.2, 0.25) is 5.91 Å². The first-order valence-corrected chi connectivity index (χ1v) is 7.59. The van der Waals surface area contributed by atoms with Gasteiger partial charge in [0.15, 0.2) is 0 Å². The Labute approximate surface area is 127 Å². The first kappa shape index (κ1) is 15.2. The third kappa shape index (κ3) is 4.16.